The molecule has 4 nitrogen and oxygen atoms in total. The first-order chi connectivity index (χ1) is 9.56. The van der Waals surface area contributed by atoms with Gasteiger partial charge in [0.15, 0.2) is 0 Å². The molecule has 20 heavy (non-hydrogen) atoms. The van der Waals surface area contributed by atoms with E-state index in [1.54, 1.807) is 12.1 Å². The highest BCUT2D eigenvalue weighted by Gasteiger charge is 2.08. The molecule has 0 saturated heterocycles. The Balaban J connectivity index is 1.97. The van der Waals surface area contributed by atoms with Crippen LogP contribution in [0.3, 0.4) is 0 Å². The lowest BCUT2D eigenvalue weighted by Crippen LogP contribution is -2.28. The Labute approximate surface area is 130 Å². The maximum atomic E-state index is 11.8. The molecule has 0 heterocycles. The number of nitrogens with two attached hydrogens (primary N) is 1. The minimum atomic E-state index is -0.334. The van der Waals surface area contributed by atoms with Gasteiger partial charge in [-0.1, -0.05) is 41.9 Å². The standard InChI is InChI=1S/C14H13BrClN3O/c15-10-6-12(17)13(7-11(10)16)19-14(20)18-8-9-4-2-1-3-5-9/h1-7H,8,17H2,(H2,18,19,20). The van der Waals surface area contributed by atoms with E-state index in [-0.39, 0.29) is 6.03 Å². The number of anilines is 2. The summed E-state index contributed by atoms with van der Waals surface area (Å²) in [6.45, 7) is 0.441. The van der Waals surface area contributed by atoms with E-state index in [1.807, 2.05) is 30.3 Å². The van der Waals surface area contributed by atoms with Gasteiger partial charge in [-0.25, -0.2) is 4.79 Å². The van der Waals surface area contributed by atoms with E-state index in [0.717, 1.165) is 5.56 Å². The number of urea groups is 1. The predicted octanol–water partition coefficient (Wildman–Crippen LogP) is 4.01. The van der Waals surface area contributed by atoms with Crippen LogP contribution in [0.15, 0.2) is 46.9 Å². The normalized spacial score (nSPS) is 10.1. The molecule has 0 radical (unpaired) electrons. The Hall–Kier alpha value is -1.72. The van der Waals surface area contributed by atoms with Gasteiger partial charge < -0.3 is 16.4 Å². The van der Waals surface area contributed by atoms with Crippen molar-refractivity contribution in [3.05, 3.63) is 57.5 Å². The van der Waals surface area contributed by atoms with E-state index in [4.69, 9.17) is 17.3 Å². The topological polar surface area (TPSA) is 67.1 Å². The van der Waals surface area contributed by atoms with Crippen LogP contribution < -0.4 is 16.4 Å². The molecule has 2 amide bonds. The highest BCUT2D eigenvalue weighted by Crippen LogP contribution is 2.30. The summed E-state index contributed by atoms with van der Waals surface area (Å²) in [4.78, 5) is 11.8. The van der Waals surface area contributed by atoms with Gasteiger partial charge in [-0.15, -0.1) is 0 Å². The lowest BCUT2D eigenvalue weighted by Gasteiger charge is -2.11. The van der Waals surface area contributed by atoms with Crippen LogP contribution >= 0.6 is 27.5 Å². The number of nitrogen functional groups attached to an aromatic ring is 1. The fraction of sp³-hybridized carbons (Fsp3) is 0.0714. The summed E-state index contributed by atoms with van der Waals surface area (Å²) in [5.41, 5.74) is 7.75. The number of rotatable bonds is 3. The lowest BCUT2D eigenvalue weighted by molar-refractivity contribution is 0.252. The number of hydrogen-bond acceptors (Lipinski definition) is 2. The molecule has 0 aliphatic heterocycles. The van der Waals surface area contributed by atoms with Gasteiger partial charge in [-0.2, -0.15) is 0 Å². The first-order valence-electron chi connectivity index (χ1n) is 5.89. The second kappa shape index (κ2) is 6.63. The molecule has 2 aromatic carbocycles. The van der Waals surface area contributed by atoms with E-state index in [1.165, 1.54) is 0 Å². The maximum absolute atomic E-state index is 11.8. The molecule has 0 aliphatic rings. The van der Waals surface area contributed by atoms with E-state index in [0.29, 0.717) is 27.4 Å². The van der Waals surface area contributed by atoms with Crippen LogP contribution in [0, 0.1) is 0 Å². The predicted molar refractivity (Wildman–Crippen MR) is 85.9 cm³/mol. The summed E-state index contributed by atoms with van der Waals surface area (Å²) in [5, 5.41) is 5.90. The molecule has 4 N–H and O–H groups in total. The maximum Gasteiger partial charge on any atom is 0.319 e. The van der Waals surface area contributed by atoms with E-state index in [2.05, 4.69) is 26.6 Å². The van der Waals surface area contributed by atoms with Crippen LogP contribution in [0.2, 0.25) is 5.02 Å². The zero-order valence-corrected chi connectivity index (χ0v) is 12.8. The number of halogens is 2. The van der Waals surface area contributed by atoms with Crippen LogP contribution in [-0.4, -0.2) is 6.03 Å². The molecule has 0 saturated carbocycles. The Morgan fingerprint density at radius 3 is 2.65 bits per heavy atom. The van der Waals surface area contributed by atoms with Gasteiger partial charge in [-0.05, 0) is 33.6 Å². The monoisotopic (exact) mass is 353 g/mol. The van der Waals surface area contributed by atoms with Crippen LogP contribution in [0.5, 0.6) is 0 Å². The molecule has 0 atom stereocenters. The van der Waals surface area contributed by atoms with Crippen molar-refractivity contribution in [3.8, 4) is 0 Å². The van der Waals surface area contributed by atoms with Crippen LogP contribution in [0.25, 0.3) is 0 Å². The second-order valence-electron chi connectivity index (χ2n) is 4.15. The summed E-state index contributed by atoms with van der Waals surface area (Å²) in [6.07, 6.45) is 0. The first kappa shape index (κ1) is 14.7. The van der Waals surface area contributed by atoms with Gasteiger partial charge in [0.1, 0.15) is 0 Å². The zero-order chi connectivity index (χ0) is 14.5. The number of amides is 2. The SMILES string of the molecule is Nc1cc(Br)c(Cl)cc1NC(=O)NCc1ccccc1. The van der Waals surface area contributed by atoms with Gasteiger partial charge in [0.25, 0.3) is 0 Å². The van der Waals surface area contributed by atoms with Crippen LogP contribution in [0.1, 0.15) is 5.56 Å². The molecule has 104 valence electrons. The van der Waals surface area contributed by atoms with Crippen molar-refractivity contribution in [1.29, 1.82) is 0 Å². The zero-order valence-electron chi connectivity index (χ0n) is 10.5. The average molecular weight is 355 g/mol. The molecule has 0 bridgehead atoms. The van der Waals surface area contributed by atoms with Crippen LogP contribution in [-0.2, 0) is 6.54 Å². The fourth-order valence-electron chi connectivity index (χ4n) is 1.62. The molecule has 2 rings (SSSR count). The number of carbonyl (C=O) groups excluding carboxylic acids is 1. The molecule has 0 unspecified atom stereocenters. The van der Waals surface area contributed by atoms with E-state index >= 15 is 0 Å². The number of hydrogen-bond donors (Lipinski definition) is 3. The molecule has 0 spiro atoms. The summed E-state index contributed by atoms with van der Waals surface area (Å²) in [6, 6.07) is 12.5. The Kier molecular flexibility index (Phi) is 4.87. The first-order valence-corrected chi connectivity index (χ1v) is 7.06. The van der Waals surface area contributed by atoms with Gasteiger partial charge in [0.05, 0.1) is 16.4 Å². The minimum Gasteiger partial charge on any atom is -0.397 e. The van der Waals surface area contributed by atoms with Crippen molar-refractivity contribution < 1.29 is 4.79 Å². The van der Waals surface area contributed by atoms with Gasteiger partial charge in [-0.3, -0.25) is 0 Å². The highest BCUT2D eigenvalue weighted by atomic mass is 79.9. The molecule has 2 aromatic rings. The third-order valence-electron chi connectivity index (χ3n) is 2.64. The second-order valence-corrected chi connectivity index (χ2v) is 5.41. The smallest absolute Gasteiger partial charge is 0.319 e. The van der Waals surface area contributed by atoms with Gasteiger partial charge in [0, 0.05) is 11.0 Å². The van der Waals surface area contributed by atoms with Gasteiger partial charge >= 0.3 is 6.03 Å². The molecule has 0 fully saturated rings. The van der Waals surface area contributed by atoms with Crippen molar-refractivity contribution in [3.63, 3.8) is 0 Å². The van der Waals surface area contributed by atoms with Crippen molar-refractivity contribution in [1.82, 2.24) is 5.32 Å². The summed E-state index contributed by atoms with van der Waals surface area (Å²) in [5.74, 6) is 0. The number of benzene rings is 2. The lowest BCUT2D eigenvalue weighted by atomic mass is 10.2. The number of nitrogens with one attached hydrogen (secondary N) is 2. The minimum absolute atomic E-state index is 0.334. The van der Waals surface area contributed by atoms with Crippen molar-refractivity contribution in [2.24, 2.45) is 0 Å². The average Bonchev–Trinajstić information content (AvgIpc) is 2.44. The Morgan fingerprint density at radius 1 is 1.25 bits per heavy atom. The largest absolute Gasteiger partial charge is 0.397 e. The molecular weight excluding hydrogens is 342 g/mol. The van der Waals surface area contributed by atoms with E-state index < -0.39 is 0 Å². The fourth-order valence-corrected chi connectivity index (χ4v) is 2.14. The molecule has 6 heteroatoms. The quantitative estimate of drug-likeness (QED) is 0.729. The summed E-state index contributed by atoms with van der Waals surface area (Å²) < 4.78 is 0.687. The van der Waals surface area contributed by atoms with Gasteiger partial charge in [0.2, 0.25) is 0 Å². The molecule has 0 aliphatic carbocycles. The van der Waals surface area contributed by atoms with E-state index in [9.17, 15) is 4.79 Å². The Morgan fingerprint density at radius 2 is 1.95 bits per heavy atom. The summed E-state index contributed by atoms with van der Waals surface area (Å²) in [7, 11) is 0. The molecular formula is C14H13BrClN3O. The highest BCUT2D eigenvalue weighted by molar-refractivity contribution is 9.10. The Bertz CT molecular complexity index is 619. The molecule has 0 aromatic heterocycles. The van der Waals surface area contributed by atoms with Crippen molar-refractivity contribution in [2.45, 2.75) is 6.54 Å². The van der Waals surface area contributed by atoms with Crippen molar-refractivity contribution in [2.75, 3.05) is 11.1 Å². The third-order valence-corrected chi connectivity index (χ3v) is 3.83. The van der Waals surface area contributed by atoms with Crippen LogP contribution in [0.4, 0.5) is 16.2 Å². The third kappa shape index (κ3) is 3.88. The summed E-state index contributed by atoms with van der Waals surface area (Å²) >= 11 is 9.24. The number of carbonyl (C=O) groups is 1. The van der Waals surface area contributed by atoms with Crippen molar-refractivity contribution >= 4 is 44.9 Å².